The number of aryl methyl sites for hydroxylation is 1. The molecular weight excluding hydrogens is 304 g/mol. The van der Waals surface area contributed by atoms with E-state index in [0.717, 1.165) is 5.56 Å². The van der Waals surface area contributed by atoms with Crippen molar-refractivity contribution in [3.8, 4) is 0 Å². The van der Waals surface area contributed by atoms with E-state index < -0.39 is 10.0 Å². The van der Waals surface area contributed by atoms with Crippen LogP contribution in [0, 0.1) is 6.92 Å². The molecule has 22 heavy (non-hydrogen) atoms. The van der Waals surface area contributed by atoms with E-state index in [0.29, 0.717) is 5.56 Å². The molecule has 2 rings (SSSR count). The van der Waals surface area contributed by atoms with E-state index in [2.05, 4.69) is 4.72 Å². The Labute approximate surface area is 129 Å². The summed E-state index contributed by atoms with van der Waals surface area (Å²) < 4.78 is 26.4. The molecule has 0 saturated carbocycles. The van der Waals surface area contributed by atoms with Gasteiger partial charge in [0.1, 0.15) is 0 Å². The first-order chi connectivity index (χ1) is 10.4. The topological polar surface area (TPSA) is 83.6 Å². The van der Waals surface area contributed by atoms with Crippen LogP contribution in [0.15, 0.2) is 36.5 Å². The summed E-state index contributed by atoms with van der Waals surface area (Å²) in [6.45, 7) is 2.25. The Morgan fingerprint density at radius 2 is 1.86 bits per heavy atom. The maximum absolute atomic E-state index is 12.0. The standard InChI is InChI=1S/C15H18N2O4S/c1-12-2-4-13(5-3-12)11-22(20,21)16-7-9-17-8-6-14(18)10-15(17)19/h2-6,8,16H,7,9-11H2,1H3. The summed E-state index contributed by atoms with van der Waals surface area (Å²) in [6.07, 6.45) is 2.55. The maximum Gasteiger partial charge on any atom is 0.234 e. The summed E-state index contributed by atoms with van der Waals surface area (Å²) in [5.74, 6) is -0.651. The van der Waals surface area contributed by atoms with Crippen molar-refractivity contribution in [2.45, 2.75) is 19.1 Å². The van der Waals surface area contributed by atoms with Crippen molar-refractivity contribution >= 4 is 21.7 Å². The van der Waals surface area contributed by atoms with Gasteiger partial charge in [-0.15, -0.1) is 0 Å². The Balaban J connectivity index is 1.85. The summed E-state index contributed by atoms with van der Waals surface area (Å²) in [5.41, 5.74) is 1.77. The molecule has 118 valence electrons. The molecule has 1 aliphatic heterocycles. The number of benzene rings is 1. The van der Waals surface area contributed by atoms with Gasteiger partial charge in [0.25, 0.3) is 0 Å². The highest BCUT2D eigenvalue weighted by molar-refractivity contribution is 7.88. The highest BCUT2D eigenvalue weighted by Crippen LogP contribution is 2.07. The summed E-state index contributed by atoms with van der Waals surface area (Å²) in [6, 6.07) is 7.27. The van der Waals surface area contributed by atoms with E-state index in [1.807, 2.05) is 19.1 Å². The molecule has 6 nitrogen and oxygen atoms in total. The number of carbonyl (C=O) groups excluding carboxylic acids is 2. The van der Waals surface area contributed by atoms with Crippen LogP contribution < -0.4 is 4.72 Å². The monoisotopic (exact) mass is 322 g/mol. The van der Waals surface area contributed by atoms with Gasteiger partial charge >= 0.3 is 0 Å². The van der Waals surface area contributed by atoms with Crippen LogP contribution in [0.4, 0.5) is 0 Å². The molecule has 1 amide bonds. The molecule has 7 heteroatoms. The number of amides is 1. The van der Waals surface area contributed by atoms with Crippen molar-refractivity contribution in [2.24, 2.45) is 0 Å². The maximum atomic E-state index is 12.0. The molecule has 1 N–H and O–H groups in total. The minimum Gasteiger partial charge on any atom is -0.317 e. The molecule has 0 bridgehead atoms. The second kappa shape index (κ2) is 6.85. The molecule has 0 aromatic heterocycles. The Morgan fingerprint density at radius 3 is 2.50 bits per heavy atom. The second-order valence-electron chi connectivity index (χ2n) is 5.18. The predicted octanol–water partition coefficient (Wildman–Crippen LogP) is 0.730. The Kier molecular flexibility index (Phi) is 5.10. The summed E-state index contributed by atoms with van der Waals surface area (Å²) in [4.78, 5) is 23.9. The number of hydrogen-bond donors (Lipinski definition) is 1. The minimum absolute atomic E-state index is 0.102. The number of sulfonamides is 1. The number of ketones is 1. The molecule has 0 saturated heterocycles. The highest BCUT2D eigenvalue weighted by atomic mass is 32.2. The highest BCUT2D eigenvalue weighted by Gasteiger charge is 2.19. The third-order valence-corrected chi connectivity index (χ3v) is 4.60. The summed E-state index contributed by atoms with van der Waals surface area (Å²) in [7, 11) is -3.46. The summed E-state index contributed by atoms with van der Waals surface area (Å²) >= 11 is 0. The number of allylic oxidation sites excluding steroid dienone is 1. The second-order valence-corrected chi connectivity index (χ2v) is 6.99. The Bertz CT molecular complexity index is 693. The molecule has 1 heterocycles. The third kappa shape index (κ3) is 4.78. The van der Waals surface area contributed by atoms with Gasteiger partial charge in [0.05, 0.1) is 12.2 Å². The van der Waals surface area contributed by atoms with Crippen LogP contribution in [0.3, 0.4) is 0 Å². The molecule has 1 aromatic rings. The van der Waals surface area contributed by atoms with Crippen LogP contribution in [-0.4, -0.2) is 38.1 Å². The normalized spacial score (nSPS) is 15.4. The third-order valence-electron chi connectivity index (χ3n) is 3.24. The quantitative estimate of drug-likeness (QED) is 0.783. The van der Waals surface area contributed by atoms with Crippen molar-refractivity contribution in [3.63, 3.8) is 0 Å². The Morgan fingerprint density at radius 1 is 1.18 bits per heavy atom. The van der Waals surface area contributed by atoms with E-state index in [-0.39, 0.29) is 37.0 Å². The number of hydrogen-bond acceptors (Lipinski definition) is 4. The zero-order valence-corrected chi connectivity index (χ0v) is 13.1. The summed E-state index contributed by atoms with van der Waals surface area (Å²) in [5, 5.41) is 0. The molecule has 1 aliphatic rings. The van der Waals surface area contributed by atoms with Crippen molar-refractivity contribution in [1.82, 2.24) is 9.62 Å². The van der Waals surface area contributed by atoms with Crippen molar-refractivity contribution in [3.05, 3.63) is 47.7 Å². The number of nitrogens with zero attached hydrogens (tertiary/aromatic N) is 1. The fourth-order valence-electron chi connectivity index (χ4n) is 2.04. The van der Waals surface area contributed by atoms with Gasteiger partial charge in [-0.3, -0.25) is 9.59 Å². The fraction of sp³-hybridized carbons (Fsp3) is 0.333. The van der Waals surface area contributed by atoms with Gasteiger partial charge in [-0.1, -0.05) is 29.8 Å². The van der Waals surface area contributed by atoms with Crippen molar-refractivity contribution in [2.75, 3.05) is 13.1 Å². The zero-order valence-electron chi connectivity index (χ0n) is 12.3. The Hall–Kier alpha value is -1.99. The van der Waals surface area contributed by atoms with Crippen molar-refractivity contribution < 1.29 is 18.0 Å². The van der Waals surface area contributed by atoms with E-state index in [4.69, 9.17) is 0 Å². The lowest BCUT2D eigenvalue weighted by molar-refractivity contribution is -0.133. The van der Waals surface area contributed by atoms with Crippen LogP contribution >= 0.6 is 0 Å². The van der Waals surface area contributed by atoms with Crippen molar-refractivity contribution in [1.29, 1.82) is 0 Å². The molecule has 0 radical (unpaired) electrons. The number of carbonyl (C=O) groups is 2. The van der Waals surface area contributed by atoms with Gasteiger partial charge in [-0.25, -0.2) is 13.1 Å². The number of rotatable bonds is 6. The van der Waals surface area contributed by atoms with Gasteiger partial charge in [0, 0.05) is 19.3 Å². The molecule has 0 unspecified atom stereocenters. The lowest BCUT2D eigenvalue weighted by Crippen LogP contribution is -2.38. The SMILES string of the molecule is Cc1ccc(CS(=O)(=O)NCCN2C=CC(=O)CC2=O)cc1. The van der Waals surface area contributed by atoms with Crippen LogP contribution in [0.1, 0.15) is 17.5 Å². The van der Waals surface area contributed by atoms with E-state index in [9.17, 15) is 18.0 Å². The molecule has 0 atom stereocenters. The minimum atomic E-state index is -3.46. The first-order valence-electron chi connectivity index (χ1n) is 6.89. The smallest absolute Gasteiger partial charge is 0.234 e. The van der Waals surface area contributed by atoms with E-state index in [1.54, 1.807) is 12.1 Å². The first-order valence-corrected chi connectivity index (χ1v) is 8.54. The zero-order chi connectivity index (χ0) is 16.2. The van der Waals surface area contributed by atoms with E-state index >= 15 is 0 Å². The average molecular weight is 322 g/mol. The molecular formula is C15H18N2O4S. The average Bonchev–Trinajstić information content (AvgIpc) is 2.43. The lowest BCUT2D eigenvalue weighted by Gasteiger charge is -2.20. The molecule has 0 aliphatic carbocycles. The molecule has 0 spiro atoms. The predicted molar refractivity (Wildman–Crippen MR) is 82.3 cm³/mol. The fourth-order valence-corrected chi connectivity index (χ4v) is 3.18. The van der Waals surface area contributed by atoms with Gasteiger partial charge in [0.2, 0.25) is 15.9 Å². The molecule has 1 aromatic carbocycles. The van der Waals surface area contributed by atoms with Crippen LogP contribution in [0.5, 0.6) is 0 Å². The van der Waals surface area contributed by atoms with Gasteiger partial charge in [-0.2, -0.15) is 0 Å². The van der Waals surface area contributed by atoms with E-state index in [1.165, 1.54) is 17.2 Å². The van der Waals surface area contributed by atoms with Crippen LogP contribution in [0.25, 0.3) is 0 Å². The molecule has 0 fully saturated rings. The van der Waals surface area contributed by atoms with Gasteiger partial charge in [-0.05, 0) is 18.6 Å². The largest absolute Gasteiger partial charge is 0.317 e. The number of nitrogens with one attached hydrogen (secondary N) is 1. The van der Waals surface area contributed by atoms with Gasteiger partial charge in [0.15, 0.2) is 5.78 Å². The first kappa shape index (κ1) is 16.4. The van der Waals surface area contributed by atoms with Crippen LogP contribution in [-0.2, 0) is 25.4 Å². The van der Waals surface area contributed by atoms with Crippen LogP contribution in [0.2, 0.25) is 0 Å². The van der Waals surface area contributed by atoms with Gasteiger partial charge < -0.3 is 4.90 Å². The lowest BCUT2D eigenvalue weighted by atomic mass is 10.2.